The van der Waals surface area contributed by atoms with Crippen LogP contribution >= 0.6 is 11.6 Å². The molecule has 4 aromatic rings. The normalized spacial score (nSPS) is 11.5. The van der Waals surface area contributed by atoms with Crippen LogP contribution in [0.2, 0.25) is 5.02 Å². The van der Waals surface area contributed by atoms with Crippen molar-refractivity contribution in [1.29, 1.82) is 0 Å². The molecule has 0 bridgehead atoms. The largest absolute Gasteiger partial charge is 0.322 e. The number of nitrogens with zero attached hydrogens (tertiary/aromatic N) is 2. The molecule has 0 aromatic heterocycles. The lowest BCUT2D eigenvalue weighted by atomic mass is 10.1. The predicted octanol–water partition coefficient (Wildman–Crippen LogP) is 5.47. The van der Waals surface area contributed by atoms with Crippen LogP contribution in [-0.4, -0.2) is 32.5 Å². The third-order valence-corrected chi connectivity index (χ3v) is 7.72. The summed E-state index contributed by atoms with van der Waals surface area (Å²) < 4.78 is 42.0. The molecule has 4 aromatic carbocycles. The Morgan fingerprint density at radius 2 is 1.55 bits per heavy atom. The minimum atomic E-state index is -4.27. The van der Waals surface area contributed by atoms with Crippen molar-refractivity contribution < 1.29 is 22.4 Å². The van der Waals surface area contributed by atoms with Gasteiger partial charge in [0.2, 0.25) is 0 Å². The fourth-order valence-corrected chi connectivity index (χ4v) is 5.34. The summed E-state index contributed by atoms with van der Waals surface area (Å²) in [5, 5.41) is 7.29. The van der Waals surface area contributed by atoms with Crippen molar-refractivity contribution in [2.75, 3.05) is 16.2 Å². The maximum Gasteiger partial charge on any atom is 0.264 e. The third-order valence-electron chi connectivity index (χ3n) is 5.71. The SMILES string of the molecule is C/C(=N/NC(=O)CN(c1ccccc1F)S(=O)(=O)c1ccccc1)c1cccc(NC(=O)c2cccc(Cl)c2)c1. The van der Waals surface area contributed by atoms with Gasteiger partial charge in [0.25, 0.3) is 21.8 Å². The second-order valence-corrected chi connectivity index (χ2v) is 10.9. The van der Waals surface area contributed by atoms with E-state index in [1.165, 1.54) is 42.5 Å². The number of halogens is 2. The van der Waals surface area contributed by atoms with Gasteiger partial charge < -0.3 is 5.32 Å². The zero-order valence-corrected chi connectivity index (χ0v) is 22.8. The highest BCUT2D eigenvalue weighted by molar-refractivity contribution is 7.92. The van der Waals surface area contributed by atoms with E-state index < -0.39 is 28.3 Å². The summed E-state index contributed by atoms with van der Waals surface area (Å²) in [6.45, 7) is 0.915. The van der Waals surface area contributed by atoms with Gasteiger partial charge in [-0.1, -0.05) is 60.1 Å². The maximum atomic E-state index is 14.6. The first-order valence-electron chi connectivity index (χ1n) is 12.0. The van der Waals surface area contributed by atoms with E-state index in [0.717, 1.165) is 6.07 Å². The molecule has 0 spiro atoms. The van der Waals surface area contributed by atoms with Crippen LogP contribution in [0.1, 0.15) is 22.8 Å². The Labute approximate surface area is 236 Å². The van der Waals surface area contributed by atoms with E-state index in [0.29, 0.717) is 31.9 Å². The van der Waals surface area contributed by atoms with E-state index in [4.69, 9.17) is 11.6 Å². The number of carbonyl (C=O) groups excluding carboxylic acids is 2. The Morgan fingerprint density at radius 3 is 2.27 bits per heavy atom. The Balaban J connectivity index is 1.50. The van der Waals surface area contributed by atoms with Crippen LogP contribution < -0.4 is 15.0 Å². The quantitative estimate of drug-likeness (QED) is 0.203. The van der Waals surface area contributed by atoms with Gasteiger partial charge in [-0.25, -0.2) is 18.2 Å². The number of anilines is 2. The van der Waals surface area contributed by atoms with Gasteiger partial charge in [0.1, 0.15) is 12.4 Å². The Kier molecular flexibility index (Phi) is 8.93. The Hall–Kier alpha value is -4.54. The number of carbonyl (C=O) groups is 2. The molecular formula is C29H24ClFN4O4S. The molecular weight excluding hydrogens is 555 g/mol. The molecule has 0 saturated heterocycles. The van der Waals surface area contributed by atoms with Crippen LogP contribution in [0.15, 0.2) is 113 Å². The summed E-state index contributed by atoms with van der Waals surface area (Å²) in [6.07, 6.45) is 0. The second kappa shape index (κ2) is 12.5. The van der Waals surface area contributed by atoms with Crippen molar-refractivity contribution >= 4 is 50.5 Å². The standard InChI is InChI=1S/C29H24ClFN4O4S/c1-20(21-9-8-12-24(18-21)32-29(37)22-10-7-11-23(30)17-22)33-34-28(36)19-35(27-16-6-5-15-26(27)31)40(38,39)25-13-3-2-4-14-25/h2-18H,19H2,1H3,(H,32,37)(H,34,36)/b33-20-. The molecule has 2 amide bonds. The molecule has 0 aliphatic carbocycles. The number of hydrazone groups is 1. The average Bonchev–Trinajstić information content (AvgIpc) is 2.95. The second-order valence-electron chi connectivity index (χ2n) is 8.55. The van der Waals surface area contributed by atoms with Crippen LogP contribution in [0.4, 0.5) is 15.8 Å². The number of para-hydroxylation sites is 1. The summed E-state index contributed by atoms with van der Waals surface area (Å²) in [6, 6.07) is 26.0. The highest BCUT2D eigenvalue weighted by Crippen LogP contribution is 2.26. The van der Waals surface area contributed by atoms with Crippen molar-refractivity contribution in [3.8, 4) is 0 Å². The van der Waals surface area contributed by atoms with Gasteiger partial charge >= 0.3 is 0 Å². The highest BCUT2D eigenvalue weighted by Gasteiger charge is 2.29. The summed E-state index contributed by atoms with van der Waals surface area (Å²) >= 11 is 5.96. The van der Waals surface area contributed by atoms with Crippen LogP contribution in [-0.2, 0) is 14.8 Å². The van der Waals surface area contributed by atoms with E-state index in [1.54, 1.807) is 61.5 Å². The minimum Gasteiger partial charge on any atom is -0.322 e. The molecule has 2 N–H and O–H groups in total. The first kappa shape index (κ1) is 28.5. The lowest BCUT2D eigenvalue weighted by molar-refractivity contribution is -0.119. The summed E-state index contributed by atoms with van der Waals surface area (Å²) in [5.41, 5.74) is 3.91. The summed E-state index contributed by atoms with van der Waals surface area (Å²) in [5.74, 6) is -1.94. The molecule has 0 saturated carbocycles. The number of hydrogen-bond donors (Lipinski definition) is 2. The maximum absolute atomic E-state index is 14.6. The van der Waals surface area contributed by atoms with Crippen molar-refractivity contribution in [1.82, 2.24) is 5.43 Å². The minimum absolute atomic E-state index is 0.0950. The van der Waals surface area contributed by atoms with Crippen molar-refractivity contribution in [3.05, 3.63) is 125 Å². The van der Waals surface area contributed by atoms with Gasteiger partial charge in [-0.15, -0.1) is 0 Å². The first-order valence-corrected chi connectivity index (χ1v) is 13.8. The van der Waals surface area contributed by atoms with Crippen LogP contribution in [0.25, 0.3) is 0 Å². The Morgan fingerprint density at radius 1 is 0.875 bits per heavy atom. The molecule has 4 rings (SSSR count). The lowest BCUT2D eigenvalue weighted by Gasteiger charge is -2.24. The predicted molar refractivity (Wildman–Crippen MR) is 154 cm³/mol. The topological polar surface area (TPSA) is 108 Å². The lowest BCUT2D eigenvalue weighted by Crippen LogP contribution is -2.40. The van der Waals surface area contributed by atoms with E-state index in [2.05, 4.69) is 15.8 Å². The van der Waals surface area contributed by atoms with Crippen molar-refractivity contribution in [3.63, 3.8) is 0 Å². The zero-order chi connectivity index (χ0) is 28.7. The van der Waals surface area contributed by atoms with Gasteiger partial charge in [-0.3, -0.25) is 13.9 Å². The van der Waals surface area contributed by atoms with Crippen molar-refractivity contribution in [2.45, 2.75) is 11.8 Å². The molecule has 204 valence electrons. The molecule has 8 nitrogen and oxygen atoms in total. The van der Waals surface area contributed by atoms with Crippen LogP contribution in [0.3, 0.4) is 0 Å². The fourth-order valence-electron chi connectivity index (χ4n) is 3.70. The number of sulfonamides is 1. The monoisotopic (exact) mass is 578 g/mol. The summed E-state index contributed by atoms with van der Waals surface area (Å²) in [4.78, 5) is 25.3. The molecule has 0 aliphatic heterocycles. The van der Waals surface area contributed by atoms with E-state index >= 15 is 0 Å². The number of amides is 2. The van der Waals surface area contributed by atoms with E-state index in [1.807, 2.05) is 0 Å². The van der Waals surface area contributed by atoms with Gasteiger partial charge in [0.15, 0.2) is 0 Å². The van der Waals surface area contributed by atoms with Crippen LogP contribution in [0.5, 0.6) is 0 Å². The number of nitrogens with one attached hydrogen (secondary N) is 2. The van der Waals surface area contributed by atoms with Gasteiger partial charge in [0.05, 0.1) is 16.3 Å². The van der Waals surface area contributed by atoms with E-state index in [9.17, 15) is 22.4 Å². The highest BCUT2D eigenvalue weighted by atomic mass is 35.5. The first-order chi connectivity index (χ1) is 19.1. The molecule has 0 aliphatic rings. The molecule has 0 fully saturated rings. The van der Waals surface area contributed by atoms with Gasteiger partial charge in [0, 0.05) is 16.3 Å². The molecule has 0 atom stereocenters. The smallest absolute Gasteiger partial charge is 0.264 e. The number of hydrogen-bond acceptors (Lipinski definition) is 5. The number of rotatable bonds is 9. The van der Waals surface area contributed by atoms with Crippen LogP contribution in [0, 0.1) is 5.82 Å². The Bertz CT molecular complexity index is 1680. The summed E-state index contributed by atoms with van der Waals surface area (Å²) in [7, 11) is -4.27. The van der Waals surface area contributed by atoms with Gasteiger partial charge in [-0.05, 0) is 67.1 Å². The number of benzene rings is 4. The third kappa shape index (κ3) is 6.90. The molecule has 11 heteroatoms. The fraction of sp³-hybridized carbons (Fsp3) is 0.0690. The molecule has 0 radical (unpaired) electrons. The molecule has 0 unspecified atom stereocenters. The van der Waals surface area contributed by atoms with Crippen molar-refractivity contribution in [2.24, 2.45) is 5.10 Å². The molecule has 40 heavy (non-hydrogen) atoms. The molecule has 0 heterocycles. The van der Waals surface area contributed by atoms with E-state index in [-0.39, 0.29) is 16.5 Å². The zero-order valence-electron chi connectivity index (χ0n) is 21.2. The average molecular weight is 579 g/mol. The van der Waals surface area contributed by atoms with Gasteiger partial charge in [-0.2, -0.15) is 5.10 Å².